The summed E-state index contributed by atoms with van der Waals surface area (Å²) >= 11 is 0. The molecule has 0 aliphatic carbocycles. The van der Waals surface area contributed by atoms with Gasteiger partial charge in [-0.2, -0.15) is 0 Å². The molecule has 0 amide bonds. The van der Waals surface area contributed by atoms with Crippen molar-refractivity contribution in [1.82, 2.24) is 5.32 Å². The van der Waals surface area contributed by atoms with Crippen molar-refractivity contribution in [3.63, 3.8) is 0 Å². The van der Waals surface area contributed by atoms with Gasteiger partial charge in [0.05, 0.1) is 0 Å². The lowest BCUT2D eigenvalue weighted by atomic mass is 10.0. The van der Waals surface area contributed by atoms with Crippen molar-refractivity contribution in [1.29, 1.82) is 0 Å². The smallest absolute Gasteiger partial charge is 0.264 e. The molecule has 1 rings (SSSR count). The third-order valence-electron chi connectivity index (χ3n) is 1.50. The Morgan fingerprint density at radius 2 is 2.10 bits per heavy atom. The number of hydrogen-bond acceptors (Lipinski definition) is 1. The summed E-state index contributed by atoms with van der Waals surface area (Å²) in [6.07, 6.45) is 3.91. The second kappa shape index (κ2) is 2.40. The summed E-state index contributed by atoms with van der Waals surface area (Å²) < 4.78 is 24.3. The van der Waals surface area contributed by atoms with Gasteiger partial charge in [0, 0.05) is 0 Å². The van der Waals surface area contributed by atoms with Gasteiger partial charge in [0.25, 0.3) is 6.43 Å². The molecule has 1 nitrogen and oxygen atoms in total. The van der Waals surface area contributed by atoms with E-state index >= 15 is 0 Å². The average Bonchev–Trinajstić information content (AvgIpc) is 1.89. The highest BCUT2D eigenvalue weighted by molar-refractivity contribution is 5.19. The van der Waals surface area contributed by atoms with Gasteiger partial charge < -0.3 is 5.32 Å². The van der Waals surface area contributed by atoms with Crippen LogP contribution in [0.3, 0.4) is 0 Å². The molecule has 56 valence electrons. The maximum atomic E-state index is 12.2. The van der Waals surface area contributed by atoms with Gasteiger partial charge in [0.1, 0.15) is 5.54 Å². The van der Waals surface area contributed by atoms with Crippen LogP contribution in [0.2, 0.25) is 0 Å². The SMILES string of the molecule is CC1(C(F)F)C=CC=CN1. The molecular weight excluding hydrogens is 136 g/mol. The zero-order chi connectivity index (χ0) is 7.61. The molecule has 0 aromatic rings. The molecule has 1 aliphatic heterocycles. The Hall–Kier alpha value is -0.860. The molecule has 1 aliphatic rings. The van der Waals surface area contributed by atoms with Crippen molar-refractivity contribution in [2.45, 2.75) is 18.9 Å². The lowest BCUT2D eigenvalue weighted by molar-refractivity contribution is 0.0743. The Morgan fingerprint density at radius 3 is 2.40 bits per heavy atom. The van der Waals surface area contributed by atoms with Crippen molar-refractivity contribution in [3.05, 3.63) is 24.4 Å². The monoisotopic (exact) mass is 145 g/mol. The van der Waals surface area contributed by atoms with E-state index in [4.69, 9.17) is 0 Å². The van der Waals surface area contributed by atoms with Crippen LogP contribution in [0.15, 0.2) is 24.4 Å². The molecule has 0 aromatic carbocycles. The molecule has 0 saturated heterocycles. The second-order valence-electron chi connectivity index (χ2n) is 2.45. The van der Waals surface area contributed by atoms with E-state index in [2.05, 4.69) is 5.32 Å². The normalized spacial score (nSPS) is 30.8. The predicted molar refractivity (Wildman–Crippen MR) is 35.8 cm³/mol. The van der Waals surface area contributed by atoms with Crippen LogP contribution in [0.25, 0.3) is 0 Å². The minimum Gasteiger partial charge on any atom is -0.377 e. The van der Waals surface area contributed by atoms with E-state index in [9.17, 15) is 8.78 Å². The summed E-state index contributed by atoms with van der Waals surface area (Å²) in [4.78, 5) is 0. The van der Waals surface area contributed by atoms with Gasteiger partial charge in [-0.15, -0.1) is 0 Å². The highest BCUT2D eigenvalue weighted by Gasteiger charge is 2.31. The van der Waals surface area contributed by atoms with Gasteiger partial charge in [-0.25, -0.2) is 8.78 Å². The van der Waals surface area contributed by atoms with Crippen LogP contribution < -0.4 is 5.32 Å². The van der Waals surface area contributed by atoms with Crippen LogP contribution >= 0.6 is 0 Å². The fourth-order valence-electron chi connectivity index (χ4n) is 0.723. The third-order valence-corrected chi connectivity index (χ3v) is 1.50. The third kappa shape index (κ3) is 1.17. The molecule has 10 heavy (non-hydrogen) atoms. The fourth-order valence-corrected chi connectivity index (χ4v) is 0.723. The summed E-state index contributed by atoms with van der Waals surface area (Å²) in [6, 6.07) is 0. The first-order valence-electron chi connectivity index (χ1n) is 3.05. The van der Waals surface area contributed by atoms with Gasteiger partial charge in [-0.05, 0) is 19.2 Å². The molecule has 0 aromatic heterocycles. The van der Waals surface area contributed by atoms with E-state index in [-0.39, 0.29) is 0 Å². The average molecular weight is 145 g/mol. The van der Waals surface area contributed by atoms with Crippen molar-refractivity contribution < 1.29 is 8.78 Å². The Bertz CT molecular complexity index is 174. The van der Waals surface area contributed by atoms with Crippen LogP contribution in [-0.2, 0) is 0 Å². The Balaban J connectivity index is 2.70. The molecule has 1 N–H and O–H groups in total. The van der Waals surface area contributed by atoms with E-state index in [1.165, 1.54) is 19.2 Å². The summed E-state index contributed by atoms with van der Waals surface area (Å²) in [5.41, 5.74) is -1.17. The maximum absolute atomic E-state index is 12.2. The molecule has 0 fully saturated rings. The maximum Gasteiger partial charge on any atom is 0.264 e. The van der Waals surface area contributed by atoms with Crippen LogP contribution in [0, 0.1) is 0 Å². The van der Waals surface area contributed by atoms with Crippen molar-refractivity contribution >= 4 is 0 Å². The van der Waals surface area contributed by atoms with E-state index in [1.807, 2.05) is 0 Å². The number of hydrogen-bond donors (Lipinski definition) is 1. The quantitative estimate of drug-likeness (QED) is 0.592. The van der Waals surface area contributed by atoms with Gasteiger partial charge >= 0.3 is 0 Å². The summed E-state index contributed by atoms with van der Waals surface area (Å²) in [6.45, 7) is 1.46. The van der Waals surface area contributed by atoms with Crippen molar-refractivity contribution in [3.8, 4) is 0 Å². The number of halogens is 2. The lowest BCUT2D eigenvalue weighted by Gasteiger charge is -2.27. The van der Waals surface area contributed by atoms with E-state index < -0.39 is 12.0 Å². The van der Waals surface area contributed by atoms with Gasteiger partial charge in [-0.3, -0.25) is 0 Å². The van der Waals surface area contributed by atoms with Gasteiger partial charge in [-0.1, -0.05) is 12.2 Å². The topological polar surface area (TPSA) is 12.0 Å². The molecule has 0 spiro atoms. The Kier molecular flexibility index (Phi) is 1.74. The van der Waals surface area contributed by atoms with E-state index in [1.54, 1.807) is 12.2 Å². The molecule has 1 atom stereocenters. The first-order chi connectivity index (χ1) is 4.65. The Labute approximate surface area is 58.4 Å². The number of dihydropyridines is 1. The molecule has 3 heteroatoms. The first-order valence-corrected chi connectivity index (χ1v) is 3.05. The van der Waals surface area contributed by atoms with E-state index in [0.717, 1.165) is 0 Å². The van der Waals surface area contributed by atoms with Gasteiger partial charge in [0.15, 0.2) is 0 Å². The largest absolute Gasteiger partial charge is 0.377 e. The van der Waals surface area contributed by atoms with Crippen molar-refractivity contribution in [2.24, 2.45) is 0 Å². The van der Waals surface area contributed by atoms with Crippen LogP contribution in [0.5, 0.6) is 0 Å². The minimum atomic E-state index is -2.37. The Morgan fingerprint density at radius 1 is 1.40 bits per heavy atom. The molecule has 0 radical (unpaired) electrons. The van der Waals surface area contributed by atoms with Crippen molar-refractivity contribution in [2.75, 3.05) is 0 Å². The zero-order valence-corrected chi connectivity index (χ0v) is 5.64. The molecular formula is C7H9F2N. The minimum absolute atomic E-state index is 1.17. The molecule has 0 saturated carbocycles. The first kappa shape index (κ1) is 7.25. The summed E-state index contributed by atoms with van der Waals surface area (Å²) in [5, 5.41) is 2.58. The highest BCUT2D eigenvalue weighted by atomic mass is 19.3. The lowest BCUT2D eigenvalue weighted by Crippen LogP contribution is -2.44. The van der Waals surface area contributed by atoms with Crippen LogP contribution in [0.1, 0.15) is 6.92 Å². The molecule has 1 unspecified atom stereocenters. The number of nitrogens with one attached hydrogen (secondary N) is 1. The van der Waals surface area contributed by atoms with Crippen LogP contribution in [-0.4, -0.2) is 12.0 Å². The molecule has 0 bridgehead atoms. The number of allylic oxidation sites excluding steroid dienone is 2. The van der Waals surface area contributed by atoms with Crippen LogP contribution in [0.4, 0.5) is 8.78 Å². The predicted octanol–water partition coefficient (Wildman–Crippen LogP) is 1.68. The second-order valence-corrected chi connectivity index (χ2v) is 2.45. The number of rotatable bonds is 1. The van der Waals surface area contributed by atoms with Gasteiger partial charge in [0.2, 0.25) is 0 Å². The highest BCUT2D eigenvalue weighted by Crippen LogP contribution is 2.18. The summed E-state index contributed by atoms with van der Waals surface area (Å²) in [5.74, 6) is 0. The number of alkyl halides is 2. The van der Waals surface area contributed by atoms with E-state index in [0.29, 0.717) is 0 Å². The zero-order valence-electron chi connectivity index (χ0n) is 5.64. The fraction of sp³-hybridized carbons (Fsp3) is 0.429. The summed E-state index contributed by atoms with van der Waals surface area (Å²) in [7, 11) is 0. The molecule has 1 heterocycles. The standard InChI is InChI=1S/C7H9F2N/c1-7(6(8)9)4-2-3-5-10-7/h2-6,10H,1H3.